The molecule has 0 aromatic carbocycles. The van der Waals surface area contributed by atoms with Crippen LogP contribution in [-0.2, 0) is 0 Å². The van der Waals surface area contributed by atoms with Gasteiger partial charge in [-0.15, -0.1) is 11.8 Å². The molecule has 80 valence electrons. The van der Waals surface area contributed by atoms with E-state index in [1.54, 1.807) is 6.92 Å². The smallest absolute Gasteiger partial charge is 0.178 e. The van der Waals surface area contributed by atoms with Gasteiger partial charge < -0.3 is 0 Å². The summed E-state index contributed by atoms with van der Waals surface area (Å²) >= 11 is 1.90. The lowest BCUT2D eigenvalue weighted by Crippen LogP contribution is -1.97. The van der Waals surface area contributed by atoms with Crippen LogP contribution < -0.4 is 0 Å². The Morgan fingerprint density at radius 3 is 2.67 bits per heavy atom. The summed E-state index contributed by atoms with van der Waals surface area (Å²) in [5.41, 5.74) is 0.561. The van der Waals surface area contributed by atoms with Gasteiger partial charge in [-0.05, 0) is 25.0 Å². The van der Waals surface area contributed by atoms with Crippen LogP contribution in [0.2, 0.25) is 0 Å². The summed E-state index contributed by atoms with van der Waals surface area (Å²) < 4.78 is 0. The minimum absolute atomic E-state index is 0.0346. The van der Waals surface area contributed by atoms with Crippen molar-refractivity contribution in [3.8, 4) is 0 Å². The summed E-state index contributed by atoms with van der Waals surface area (Å²) in [6, 6.07) is 3.83. The highest BCUT2D eigenvalue weighted by Gasteiger charge is 2.16. The summed E-state index contributed by atoms with van der Waals surface area (Å²) in [6.07, 6.45) is 7.17. The number of Topliss-reactive ketones (excluding diaryl/α,β-unsaturated/α-hetero) is 1. The van der Waals surface area contributed by atoms with E-state index in [4.69, 9.17) is 0 Å². The van der Waals surface area contributed by atoms with E-state index in [0.717, 1.165) is 5.25 Å². The second-order valence-electron chi connectivity index (χ2n) is 3.96. The third kappa shape index (κ3) is 2.81. The molecule has 0 radical (unpaired) electrons. The lowest BCUT2D eigenvalue weighted by molar-refractivity contribution is 0.101. The molecule has 3 heteroatoms. The van der Waals surface area contributed by atoms with Gasteiger partial charge in [-0.2, -0.15) is 0 Å². The van der Waals surface area contributed by atoms with Crippen LogP contribution in [0, 0.1) is 0 Å². The molecule has 0 saturated heterocycles. The topological polar surface area (TPSA) is 30.0 Å². The molecule has 0 amide bonds. The number of thioether (sulfide) groups is 1. The lowest BCUT2D eigenvalue weighted by Gasteiger charge is -2.07. The first-order valence-electron chi connectivity index (χ1n) is 5.39. The van der Waals surface area contributed by atoms with Crippen molar-refractivity contribution in [1.29, 1.82) is 0 Å². The average molecular weight is 221 g/mol. The van der Waals surface area contributed by atoms with E-state index >= 15 is 0 Å². The van der Waals surface area contributed by atoms with Crippen LogP contribution >= 0.6 is 11.8 Å². The fourth-order valence-electron chi connectivity index (χ4n) is 1.86. The van der Waals surface area contributed by atoms with Crippen molar-refractivity contribution in [1.82, 2.24) is 4.98 Å². The van der Waals surface area contributed by atoms with Crippen LogP contribution in [-0.4, -0.2) is 16.0 Å². The van der Waals surface area contributed by atoms with Crippen molar-refractivity contribution in [2.45, 2.75) is 42.8 Å². The van der Waals surface area contributed by atoms with E-state index in [-0.39, 0.29) is 5.78 Å². The van der Waals surface area contributed by atoms with E-state index in [1.807, 2.05) is 30.1 Å². The zero-order valence-electron chi connectivity index (χ0n) is 8.90. The van der Waals surface area contributed by atoms with Crippen LogP contribution in [0.3, 0.4) is 0 Å². The number of pyridine rings is 1. The van der Waals surface area contributed by atoms with Gasteiger partial charge in [-0.3, -0.25) is 9.78 Å². The zero-order chi connectivity index (χ0) is 10.7. The van der Waals surface area contributed by atoms with Crippen molar-refractivity contribution in [3.05, 3.63) is 24.0 Å². The van der Waals surface area contributed by atoms with Gasteiger partial charge in [0.1, 0.15) is 5.69 Å². The number of rotatable bonds is 3. The quantitative estimate of drug-likeness (QED) is 0.733. The molecule has 0 bridgehead atoms. The van der Waals surface area contributed by atoms with E-state index < -0.39 is 0 Å². The van der Waals surface area contributed by atoms with Crippen molar-refractivity contribution < 1.29 is 4.79 Å². The molecule has 2 nitrogen and oxygen atoms in total. The average Bonchev–Trinajstić information content (AvgIpc) is 2.71. The van der Waals surface area contributed by atoms with E-state index in [0.29, 0.717) is 5.69 Å². The molecular formula is C12H15NOS. The third-order valence-electron chi connectivity index (χ3n) is 2.70. The van der Waals surface area contributed by atoms with Crippen LogP contribution in [0.15, 0.2) is 23.2 Å². The van der Waals surface area contributed by atoms with Gasteiger partial charge in [0.15, 0.2) is 5.78 Å². The maximum atomic E-state index is 11.0. The summed E-state index contributed by atoms with van der Waals surface area (Å²) in [6.45, 7) is 1.55. The first-order valence-corrected chi connectivity index (χ1v) is 6.27. The SMILES string of the molecule is CC(=O)c1ccc(SC2CCCC2)cn1. The first kappa shape index (κ1) is 10.7. The molecule has 1 aliphatic carbocycles. The second-order valence-corrected chi connectivity index (χ2v) is 5.33. The molecule has 0 spiro atoms. The normalized spacial score (nSPS) is 16.9. The first-order chi connectivity index (χ1) is 7.25. The summed E-state index contributed by atoms with van der Waals surface area (Å²) in [7, 11) is 0. The number of carbonyl (C=O) groups excluding carboxylic acids is 1. The van der Waals surface area contributed by atoms with Gasteiger partial charge in [0.2, 0.25) is 0 Å². The molecule has 2 rings (SSSR count). The molecule has 1 fully saturated rings. The molecule has 0 N–H and O–H groups in total. The molecule has 15 heavy (non-hydrogen) atoms. The Kier molecular flexibility index (Phi) is 3.41. The Balaban J connectivity index is 2.00. The van der Waals surface area contributed by atoms with Crippen molar-refractivity contribution in [3.63, 3.8) is 0 Å². The molecule has 1 heterocycles. The maximum absolute atomic E-state index is 11.0. The van der Waals surface area contributed by atoms with Crippen molar-refractivity contribution >= 4 is 17.5 Å². The number of carbonyl (C=O) groups is 1. The van der Waals surface area contributed by atoms with Gasteiger partial charge in [-0.25, -0.2) is 0 Å². The van der Waals surface area contributed by atoms with Gasteiger partial charge in [0, 0.05) is 23.3 Å². The highest BCUT2D eigenvalue weighted by Crippen LogP contribution is 2.34. The standard InChI is InChI=1S/C12H15NOS/c1-9(14)12-7-6-11(8-13-12)15-10-4-2-3-5-10/h6-8,10H,2-5H2,1H3. The van der Waals surface area contributed by atoms with Crippen molar-refractivity contribution in [2.75, 3.05) is 0 Å². The molecule has 1 aromatic rings. The Hall–Kier alpha value is -0.830. The van der Waals surface area contributed by atoms with Gasteiger partial charge in [-0.1, -0.05) is 12.8 Å². The molecule has 0 unspecified atom stereocenters. The summed E-state index contributed by atoms with van der Waals surface area (Å²) in [5, 5.41) is 0.759. The minimum atomic E-state index is 0.0346. The van der Waals surface area contributed by atoms with Crippen LogP contribution in [0.5, 0.6) is 0 Å². The number of ketones is 1. The molecule has 0 atom stereocenters. The molecule has 0 aliphatic heterocycles. The molecular weight excluding hydrogens is 206 g/mol. The fourth-order valence-corrected chi connectivity index (χ4v) is 3.07. The molecule has 1 saturated carbocycles. The Bertz CT molecular complexity index is 341. The highest BCUT2D eigenvalue weighted by molar-refractivity contribution is 8.00. The Morgan fingerprint density at radius 2 is 2.13 bits per heavy atom. The molecule has 1 aliphatic rings. The monoisotopic (exact) mass is 221 g/mol. The van der Waals surface area contributed by atoms with Gasteiger partial charge in [0.25, 0.3) is 0 Å². The second kappa shape index (κ2) is 4.79. The Morgan fingerprint density at radius 1 is 1.40 bits per heavy atom. The lowest BCUT2D eigenvalue weighted by atomic mass is 10.3. The molecule has 1 aromatic heterocycles. The summed E-state index contributed by atoms with van der Waals surface area (Å²) in [5.74, 6) is 0.0346. The van der Waals surface area contributed by atoms with Crippen LogP contribution in [0.25, 0.3) is 0 Å². The fraction of sp³-hybridized carbons (Fsp3) is 0.500. The predicted molar refractivity (Wildman–Crippen MR) is 62.4 cm³/mol. The highest BCUT2D eigenvalue weighted by atomic mass is 32.2. The van der Waals surface area contributed by atoms with Crippen LogP contribution in [0.4, 0.5) is 0 Å². The third-order valence-corrected chi connectivity index (χ3v) is 4.02. The predicted octanol–water partition coefficient (Wildman–Crippen LogP) is 3.32. The van der Waals surface area contributed by atoms with E-state index in [2.05, 4.69) is 4.98 Å². The number of hydrogen-bond donors (Lipinski definition) is 0. The zero-order valence-corrected chi connectivity index (χ0v) is 9.72. The van der Waals surface area contributed by atoms with Gasteiger partial charge in [0.05, 0.1) is 0 Å². The van der Waals surface area contributed by atoms with Gasteiger partial charge >= 0.3 is 0 Å². The minimum Gasteiger partial charge on any atom is -0.293 e. The summed E-state index contributed by atoms with van der Waals surface area (Å²) in [4.78, 5) is 16.4. The Labute approximate surface area is 94.5 Å². The maximum Gasteiger partial charge on any atom is 0.178 e. The number of aromatic nitrogens is 1. The van der Waals surface area contributed by atoms with Crippen molar-refractivity contribution in [2.24, 2.45) is 0 Å². The van der Waals surface area contributed by atoms with Crippen LogP contribution in [0.1, 0.15) is 43.1 Å². The van der Waals surface area contributed by atoms with E-state index in [9.17, 15) is 4.79 Å². The number of hydrogen-bond acceptors (Lipinski definition) is 3. The largest absolute Gasteiger partial charge is 0.293 e. The number of nitrogens with zero attached hydrogens (tertiary/aromatic N) is 1. The van der Waals surface area contributed by atoms with E-state index in [1.165, 1.54) is 30.6 Å².